The third-order valence-corrected chi connectivity index (χ3v) is 7.68. The largest absolute Gasteiger partial charge is 0.369 e. The van der Waals surface area contributed by atoms with Crippen LogP contribution in [-0.4, -0.2) is 31.5 Å². The highest BCUT2D eigenvalue weighted by Crippen LogP contribution is 2.68. The first-order valence-electron chi connectivity index (χ1n) is 6.27. The molecule has 1 aromatic rings. The molecule has 120 valence electrons. The molecule has 9 heteroatoms. The number of hydrogen-bond donors (Lipinski definition) is 4. The van der Waals surface area contributed by atoms with Gasteiger partial charge >= 0.3 is 7.60 Å². The molecular weight excluding hydrogens is 316 g/mol. The molecule has 0 radical (unpaired) electrons. The SMILES string of the molecule is CC(C)(C)[n+]1cccc(CC(O)(P(C)(=O)O)P(=O)(O)O)c1. The Bertz CT molecular complexity index is 590. The van der Waals surface area contributed by atoms with Crippen molar-refractivity contribution in [2.45, 2.75) is 37.8 Å². The third-order valence-electron chi connectivity index (χ3n) is 3.21. The van der Waals surface area contributed by atoms with Crippen LogP contribution in [0.15, 0.2) is 24.5 Å². The van der Waals surface area contributed by atoms with Crippen molar-refractivity contribution in [3.63, 3.8) is 0 Å². The lowest BCUT2D eigenvalue weighted by molar-refractivity contribution is -0.754. The van der Waals surface area contributed by atoms with Crippen molar-refractivity contribution in [2.24, 2.45) is 0 Å². The molecule has 0 bridgehead atoms. The second-order valence-corrected chi connectivity index (χ2v) is 10.8. The summed E-state index contributed by atoms with van der Waals surface area (Å²) in [6.45, 7) is 6.54. The molecule has 2 unspecified atom stereocenters. The fourth-order valence-electron chi connectivity index (χ4n) is 1.81. The molecule has 4 N–H and O–H groups in total. The number of pyridine rings is 1. The maximum atomic E-state index is 11.8. The molecule has 0 aromatic carbocycles. The zero-order chi connectivity index (χ0) is 16.7. The van der Waals surface area contributed by atoms with Gasteiger partial charge in [0.15, 0.2) is 17.9 Å². The molecule has 0 aliphatic rings. The number of aromatic nitrogens is 1. The van der Waals surface area contributed by atoms with E-state index in [1.54, 1.807) is 29.1 Å². The van der Waals surface area contributed by atoms with E-state index in [4.69, 9.17) is 0 Å². The second kappa shape index (κ2) is 5.58. The van der Waals surface area contributed by atoms with Crippen molar-refractivity contribution in [3.8, 4) is 0 Å². The highest BCUT2D eigenvalue weighted by molar-refractivity contribution is 7.74. The lowest BCUT2D eigenvalue weighted by atomic mass is 10.1. The van der Waals surface area contributed by atoms with Crippen molar-refractivity contribution in [3.05, 3.63) is 30.1 Å². The van der Waals surface area contributed by atoms with Crippen LogP contribution < -0.4 is 4.57 Å². The molecule has 0 spiro atoms. The van der Waals surface area contributed by atoms with E-state index in [0.29, 0.717) is 5.56 Å². The first kappa shape index (κ1) is 18.5. The quantitative estimate of drug-likeness (QED) is 0.480. The molecule has 1 aromatic heterocycles. The summed E-state index contributed by atoms with van der Waals surface area (Å²) in [6.07, 6.45) is 2.75. The normalized spacial score (nSPS) is 18.9. The predicted octanol–water partition coefficient (Wildman–Crippen LogP) is 0.996. The Kier molecular flexibility index (Phi) is 4.91. The van der Waals surface area contributed by atoms with Crippen LogP contribution in [0.5, 0.6) is 0 Å². The monoisotopic (exact) mass is 338 g/mol. The Hall–Kier alpha value is -0.550. The zero-order valence-corrected chi connectivity index (χ0v) is 14.3. The maximum Gasteiger partial charge on any atom is 0.367 e. The summed E-state index contributed by atoms with van der Waals surface area (Å²) in [5.41, 5.74) is 0.0835. The lowest BCUT2D eigenvalue weighted by Crippen LogP contribution is -2.50. The van der Waals surface area contributed by atoms with Crippen LogP contribution in [-0.2, 0) is 21.1 Å². The van der Waals surface area contributed by atoms with Gasteiger partial charge < -0.3 is 19.8 Å². The zero-order valence-electron chi connectivity index (χ0n) is 12.5. The average molecular weight is 338 g/mol. The molecule has 0 fully saturated rings. The lowest BCUT2D eigenvalue weighted by Gasteiger charge is -2.30. The Morgan fingerprint density at radius 2 is 1.71 bits per heavy atom. The first-order valence-corrected chi connectivity index (χ1v) is 9.99. The van der Waals surface area contributed by atoms with Crippen molar-refractivity contribution in [2.75, 3.05) is 6.66 Å². The molecule has 0 aliphatic carbocycles. The smallest absolute Gasteiger partial charge is 0.367 e. The highest BCUT2D eigenvalue weighted by Gasteiger charge is 2.56. The average Bonchev–Trinajstić information content (AvgIpc) is 2.25. The van der Waals surface area contributed by atoms with Gasteiger partial charge in [0, 0.05) is 45.5 Å². The molecular formula is C12H22NO6P2+. The minimum absolute atomic E-state index is 0.272. The van der Waals surface area contributed by atoms with E-state index in [1.165, 1.54) is 0 Å². The molecule has 2 atom stereocenters. The van der Waals surface area contributed by atoms with Crippen LogP contribution in [0, 0.1) is 0 Å². The molecule has 0 amide bonds. The van der Waals surface area contributed by atoms with Gasteiger partial charge in [0.25, 0.3) is 0 Å². The van der Waals surface area contributed by atoms with Gasteiger partial charge in [0.2, 0.25) is 12.5 Å². The Labute approximate surface area is 123 Å². The first-order chi connectivity index (χ1) is 9.18. The third kappa shape index (κ3) is 4.01. The van der Waals surface area contributed by atoms with E-state index in [9.17, 15) is 28.9 Å². The number of aliphatic hydroxyl groups is 1. The summed E-state index contributed by atoms with van der Waals surface area (Å²) in [6, 6.07) is 3.19. The summed E-state index contributed by atoms with van der Waals surface area (Å²) < 4.78 is 25.1. The molecule has 1 heterocycles. The second-order valence-electron chi connectivity index (χ2n) is 6.16. The summed E-state index contributed by atoms with van der Waals surface area (Å²) in [5.74, 6) is 0. The van der Waals surface area contributed by atoms with Gasteiger partial charge in [-0.15, -0.1) is 0 Å². The standard InChI is InChI=1S/C12H21NO6P2/c1-11(2,3)13-7-5-6-10(9-13)8-12(14,20(4,15)16)21(17,18)19/h5-7,9,14H,8H2,1-4H3,(H2-,15,16,17,18,19)/p+1. The summed E-state index contributed by atoms with van der Waals surface area (Å²) in [7, 11) is -9.64. The van der Waals surface area contributed by atoms with Gasteiger partial charge in [-0.1, -0.05) is 0 Å². The Balaban J connectivity index is 3.31. The van der Waals surface area contributed by atoms with E-state index in [1.807, 2.05) is 20.8 Å². The topological polar surface area (TPSA) is 119 Å². The van der Waals surface area contributed by atoms with Gasteiger partial charge in [-0.05, 0) is 6.07 Å². The van der Waals surface area contributed by atoms with Gasteiger partial charge in [0.1, 0.15) is 0 Å². The van der Waals surface area contributed by atoms with E-state index < -0.39 is 26.5 Å². The molecule has 7 nitrogen and oxygen atoms in total. The number of nitrogens with zero attached hydrogens (tertiary/aromatic N) is 1. The van der Waals surface area contributed by atoms with E-state index >= 15 is 0 Å². The van der Waals surface area contributed by atoms with Crippen LogP contribution in [0.2, 0.25) is 0 Å². The van der Waals surface area contributed by atoms with Gasteiger partial charge in [-0.2, -0.15) is 0 Å². The van der Waals surface area contributed by atoms with Crippen LogP contribution in [0.25, 0.3) is 0 Å². The van der Waals surface area contributed by atoms with Crippen LogP contribution >= 0.6 is 15.0 Å². The van der Waals surface area contributed by atoms with E-state index in [2.05, 4.69) is 0 Å². The molecule has 1 rings (SSSR count). The number of hydrogen-bond acceptors (Lipinski definition) is 3. The van der Waals surface area contributed by atoms with Crippen molar-refractivity contribution >= 4 is 15.0 Å². The predicted molar refractivity (Wildman–Crippen MR) is 78.1 cm³/mol. The van der Waals surface area contributed by atoms with Gasteiger partial charge in [-0.3, -0.25) is 9.13 Å². The van der Waals surface area contributed by atoms with Crippen molar-refractivity contribution < 1.29 is 33.5 Å². The Morgan fingerprint density at radius 3 is 2.10 bits per heavy atom. The minimum atomic E-state index is -5.20. The van der Waals surface area contributed by atoms with E-state index in [0.717, 1.165) is 6.66 Å². The van der Waals surface area contributed by atoms with Gasteiger partial charge in [0.05, 0.1) is 0 Å². The van der Waals surface area contributed by atoms with Crippen LogP contribution in [0.4, 0.5) is 0 Å². The minimum Gasteiger partial charge on any atom is -0.369 e. The fourth-order valence-corrected chi connectivity index (χ4v) is 4.61. The van der Waals surface area contributed by atoms with E-state index in [-0.39, 0.29) is 5.54 Å². The summed E-state index contributed by atoms with van der Waals surface area (Å²) >= 11 is 0. The van der Waals surface area contributed by atoms with Crippen molar-refractivity contribution in [1.82, 2.24) is 0 Å². The van der Waals surface area contributed by atoms with Crippen LogP contribution in [0.1, 0.15) is 26.3 Å². The highest BCUT2D eigenvalue weighted by atomic mass is 31.2. The molecule has 0 aliphatic heterocycles. The molecule has 0 saturated heterocycles. The molecule has 0 saturated carbocycles. The Morgan fingerprint density at radius 1 is 1.19 bits per heavy atom. The van der Waals surface area contributed by atoms with Crippen LogP contribution in [0.3, 0.4) is 0 Å². The maximum absolute atomic E-state index is 11.8. The summed E-state index contributed by atoms with van der Waals surface area (Å²) in [5, 5.41) is 7.16. The fraction of sp³-hybridized carbons (Fsp3) is 0.583. The van der Waals surface area contributed by atoms with Crippen molar-refractivity contribution in [1.29, 1.82) is 0 Å². The molecule has 21 heavy (non-hydrogen) atoms. The van der Waals surface area contributed by atoms with Gasteiger partial charge in [-0.25, -0.2) is 4.57 Å². The summed E-state index contributed by atoms with van der Waals surface area (Å²) in [4.78, 5) is 28.1. The number of rotatable bonds is 4.